The van der Waals surface area contributed by atoms with Crippen molar-refractivity contribution in [3.05, 3.63) is 0 Å². The summed E-state index contributed by atoms with van der Waals surface area (Å²) in [6.45, 7) is 2.98. The van der Waals surface area contributed by atoms with Crippen molar-refractivity contribution in [1.82, 2.24) is 0 Å². The predicted octanol–water partition coefficient (Wildman–Crippen LogP) is 2.14. The topological polar surface area (TPSA) is 26.0 Å². The van der Waals surface area contributed by atoms with Crippen LogP contribution in [0.1, 0.15) is 19.8 Å². The van der Waals surface area contributed by atoms with Crippen LogP contribution in [-0.2, 0) is 0 Å². The summed E-state index contributed by atoms with van der Waals surface area (Å²) in [6.07, 6.45) is 2.39. The molecule has 0 fully saturated rings. The minimum atomic E-state index is 0.0233. The van der Waals surface area contributed by atoms with E-state index in [1.807, 2.05) is 0 Å². The van der Waals surface area contributed by atoms with Crippen molar-refractivity contribution in [2.75, 3.05) is 6.54 Å². The second kappa shape index (κ2) is 16.2. The number of hydrogen-bond donors (Lipinski definition) is 1. The maximum absolute atomic E-state index is 5.14. The Labute approximate surface area is 81.7 Å². The molecule has 0 aliphatic rings. The standard InChI is InChI=1S/C4H11N.2HI.Pb/c1-2-3-4-5;;;/h2-5H2,1H3;2*1H;/q;;;+2/p-2. The Balaban J connectivity index is 0. The van der Waals surface area contributed by atoms with Gasteiger partial charge in [0.1, 0.15) is 0 Å². The number of nitrogens with two attached hydrogens (primary N) is 1. The predicted molar refractivity (Wildman–Crippen MR) is 57.8 cm³/mol. The van der Waals surface area contributed by atoms with Gasteiger partial charge < -0.3 is 5.73 Å². The molecule has 0 heterocycles. The first-order chi connectivity index (χ1) is 3.83. The van der Waals surface area contributed by atoms with Gasteiger partial charge >= 0.3 is 51.2 Å². The molecular formula is C4H11I2NPb. The summed E-state index contributed by atoms with van der Waals surface area (Å²) in [5, 5.41) is 0. The van der Waals surface area contributed by atoms with Gasteiger partial charge in [0, 0.05) is 0 Å². The van der Waals surface area contributed by atoms with E-state index in [1.54, 1.807) is 0 Å². The molecule has 8 heavy (non-hydrogen) atoms. The van der Waals surface area contributed by atoms with Gasteiger partial charge in [0.15, 0.2) is 0 Å². The summed E-state index contributed by atoms with van der Waals surface area (Å²) in [7, 11) is 0. The molecular weight excluding hydrogens is 523 g/mol. The molecule has 0 aromatic heterocycles. The summed E-state index contributed by atoms with van der Waals surface area (Å²) in [5.41, 5.74) is 5.14. The van der Waals surface area contributed by atoms with Crippen molar-refractivity contribution in [3.8, 4) is 0 Å². The first-order valence-electron chi connectivity index (χ1n) is 2.49. The second-order valence-corrected chi connectivity index (χ2v) is 29.3. The van der Waals surface area contributed by atoms with Gasteiger partial charge in [0.25, 0.3) is 0 Å². The molecule has 2 radical (unpaired) electrons. The summed E-state index contributed by atoms with van der Waals surface area (Å²) in [6, 6.07) is 0. The van der Waals surface area contributed by atoms with Crippen molar-refractivity contribution in [3.63, 3.8) is 0 Å². The van der Waals surface area contributed by atoms with Crippen LogP contribution >= 0.6 is 35.5 Å². The third-order valence-corrected chi connectivity index (χ3v) is 0.558. The molecule has 0 aromatic carbocycles. The van der Waals surface area contributed by atoms with Crippen LogP contribution < -0.4 is 5.73 Å². The Morgan fingerprint density at radius 3 is 1.88 bits per heavy atom. The van der Waals surface area contributed by atoms with Crippen LogP contribution in [-0.4, -0.2) is 22.2 Å². The van der Waals surface area contributed by atoms with E-state index in [-0.39, 0.29) is 15.6 Å². The Bertz CT molecular complexity index is 28.0. The van der Waals surface area contributed by atoms with Gasteiger partial charge in [-0.2, -0.15) is 0 Å². The van der Waals surface area contributed by atoms with Crippen molar-refractivity contribution in [1.29, 1.82) is 0 Å². The van der Waals surface area contributed by atoms with E-state index in [9.17, 15) is 0 Å². The van der Waals surface area contributed by atoms with Crippen LogP contribution in [0, 0.1) is 0 Å². The molecule has 0 atom stereocenters. The fourth-order valence-electron chi connectivity index (χ4n) is 0.204. The van der Waals surface area contributed by atoms with E-state index >= 15 is 0 Å². The molecule has 0 bridgehead atoms. The van der Waals surface area contributed by atoms with Crippen LogP contribution in [0.3, 0.4) is 0 Å². The van der Waals surface area contributed by atoms with E-state index in [2.05, 4.69) is 42.4 Å². The number of halogens is 2. The van der Waals surface area contributed by atoms with Crippen LogP contribution in [0.5, 0.6) is 0 Å². The van der Waals surface area contributed by atoms with Gasteiger partial charge in [0.2, 0.25) is 0 Å². The average molecular weight is 534 g/mol. The van der Waals surface area contributed by atoms with E-state index < -0.39 is 0 Å². The molecule has 0 saturated heterocycles. The van der Waals surface area contributed by atoms with Crippen LogP contribution in [0.2, 0.25) is 0 Å². The Hall–Kier alpha value is 2.34. The van der Waals surface area contributed by atoms with Crippen LogP contribution in [0.4, 0.5) is 0 Å². The monoisotopic (exact) mass is 535 g/mol. The molecule has 0 saturated carbocycles. The van der Waals surface area contributed by atoms with Crippen molar-refractivity contribution < 1.29 is 0 Å². The first-order valence-corrected chi connectivity index (χ1v) is 24.4. The Morgan fingerprint density at radius 2 is 1.88 bits per heavy atom. The number of rotatable bonds is 2. The molecule has 0 aliphatic heterocycles. The van der Waals surface area contributed by atoms with Crippen molar-refractivity contribution >= 4 is 51.2 Å². The van der Waals surface area contributed by atoms with E-state index in [0.29, 0.717) is 0 Å². The maximum atomic E-state index is 5.14. The molecule has 50 valence electrons. The Kier molecular flexibility index (Phi) is 26.2. The van der Waals surface area contributed by atoms with Gasteiger partial charge in [-0.05, 0) is 13.0 Å². The summed E-state index contributed by atoms with van der Waals surface area (Å²) in [4.78, 5) is 0. The summed E-state index contributed by atoms with van der Waals surface area (Å²) < 4.78 is 0. The van der Waals surface area contributed by atoms with Gasteiger partial charge in [-0.15, -0.1) is 0 Å². The van der Waals surface area contributed by atoms with E-state index in [4.69, 9.17) is 5.73 Å². The molecule has 0 aromatic rings. The Morgan fingerprint density at radius 1 is 1.50 bits per heavy atom. The number of unbranched alkanes of at least 4 members (excludes halogenated alkanes) is 1. The van der Waals surface area contributed by atoms with Gasteiger partial charge in [-0.1, -0.05) is 13.3 Å². The fraction of sp³-hybridized carbons (Fsp3) is 1.00. The normalized spacial score (nSPS) is 7.50. The molecule has 0 rings (SSSR count). The molecule has 2 N–H and O–H groups in total. The van der Waals surface area contributed by atoms with Crippen molar-refractivity contribution in [2.24, 2.45) is 5.73 Å². The third-order valence-electron chi connectivity index (χ3n) is 0.558. The molecule has 0 unspecified atom stereocenters. The van der Waals surface area contributed by atoms with Gasteiger partial charge in [-0.3, -0.25) is 0 Å². The van der Waals surface area contributed by atoms with Crippen LogP contribution in [0.25, 0.3) is 0 Å². The number of hydrogen-bond acceptors (Lipinski definition) is 1. The zero-order valence-corrected chi connectivity index (χ0v) is 13.2. The molecule has 1 nitrogen and oxygen atoms in total. The minimum absolute atomic E-state index is 0.0233. The fourth-order valence-corrected chi connectivity index (χ4v) is 0.204. The summed E-state index contributed by atoms with van der Waals surface area (Å²) in [5.74, 6) is 0. The molecule has 4 heteroatoms. The zero-order valence-electron chi connectivity index (χ0n) is 4.95. The molecule has 0 aliphatic carbocycles. The summed E-state index contributed by atoms with van der Waals surface area (Å²) >= 11 is 4.96. The van der Waals surface area contributed by atoms with Gasteiger partial charge in [-0.25, -0.2) is 0 Å². The van der Waals surface area contributed by atoms with E-state index in [0.717, 1.165) is 6.54 Å². The SMILES string of the molecule is CCCCN.[I][Pb][I]. The van der Waals surface area contributed by atoms with Crippen molar-refractivity contribution in [2.45, 2.75) is 19.8 Å². The quantitative estimate of drug-likeness (QED) is 0.427. The van der Waals surface area contributed by atoms with E-state index in [1.165, 1.54) is 12.8 Å². The first kappa shape index (κ1) is 13.0. The van der Waals surface area contributed by atoms with Gasteiger partial charge in [0.05, 0.1) is 0 Å². The zero-order chi connectivity index (χ0) is 6.83. The third kappa shape index (κ3) is 23.9. The molecule has 0 spiro atoms. The van der Waals surface area contributed by atoms with Crippen LogP contribution in [0.15, 0.2) is 0 Å². The average Bonchev–Trinajstić information content (AvgIpc) is 1.71. The molecule has 0 amide bonds. The second-order valence-electron chi connectivity index (χ2n) is 1.21.